The Morgan fingerprint density at radius 1 is 1.42 bits per heavy atom. The van der Waals surface area contributed by atoms with E-state index in [4.69, 9.17) is 0 Å². The maximum atomic E-state index is 12.1. The Labute approximate surface area is 115 Å². The van der Waals surface area contributed by atoms with Crippen molar-refractivity contribution in [3.8, 4) is 0 Å². The smallest absolute Gasteiger partial charge is 0.225 e. The van der Waals surface area contributed by atoms with Crippen molar-refractivity contribution in [3.05, 3.63) is 0 Å². The molecule has 2 amide bonds. The van der Waals surface area contributed by atoms with E-state index in [1.807, 2.05) is 4.90 Å². The van der Waals surface area contributed by atoms with Crippen molar-refractivity contribution in [1.82, 2.24) is 10.2 Å². The quantitative estimate of drug-likeness (QED) is 0.717. The molecule has 1 heterocycles. The lowest BCUT2D eigenvalue weighted by atomic mass is 10.1. The minimum atomic E-state index is -0.123. The van der Waals surface area contributed by atoms with E-state index in [2.05, 4.69) is 19.2 Å². The van der Waals surface area contributed by atoms with Gasteiger partial charge in [-0.15, -0.1) is 0 Å². The van der Waals surface area contributed by atoms with Gasteiger partial charge in [0.15, 0.2) is 0 Å². The van der Waals surface area contributed by atoms with Gasteiger partial charge in [0, 0.05) is 25.0 Å². The molecule has 4 nitrogen and oxygen atoms in total. The van der Waals surface area contributed by atoms with E-state index in [0.29, 0.717) is 19.0 Å². The van der Waals surface area contributed by atoms with Gasteiger partial charge in [-0.1, -0.05) is 26.2 Å². The Morgan fingerprint density at radius 2 is 2.16 bits per heavy atom. The van der Waals surface area contributed by atoms with Gasteiger partial charge in [0.2, 0.25) is 11.8 Å². The second-order valence-electron chi connectivity index (χ2n) is 6.08. The molecule has 0 unspecified atom stereocenters. The molecule has 19 heavy (non-hydrogen) atoms. The van der Waals surface area contributed by atoms with Crippen LogP contribution in [0.15, 0.2) is 0 Å². The molecule has 0 aromatic heterocycles. The lowest BCUT2D eigenvalue weighted by Crippen LogP contribution is -2.38. The summed E-state index contributed by atoms with van der Waals surface area (Å²) in [6.45, 7) is 4.87. The third kappa shape index (κ3) is 3.95. The van der Waals surface area contributed by atoms with Crippen molar-refractivity contribution in [2.75, 3.05) is 6.54 Å². The fraction of sp³-hybridized carbons (Fsp3) is 0.867. The fourth-order valence-corrected chi connectivity index (χ4v) is 2.78. The van der Waals surface area contributed by atoms with Crippen LogP contribution in [0.25, 0.3) is 0 Å². The molecule has 108 valence electrons. The SMILES string of the molecule is CCCCC[C@H](C)NC(=O)[C@@H]1CC(=O)N(C2CC2)C1. The molecule has 2 aliphatic rings. The van der Waals surface area contributed by atoms with Crippen LogP contribution in [0.4, 0.5) is 0 Å². The molecule has 1 aliphatic heterocycles. The molecular weight excluding hydrogens is 240 g/mol. The molecule has 0 spiro atoms. The molecule has 0 bridgehead atoms. The van der Waals surface area contributed by atoms with E-state index in [9.17, 15) is 9.59 Å². The molecule has 4 heteroatoms. The summed E-state index contributed by atoms with van der Waals surface area (Å²) in [5.41, 5.74) is 0. The zero-order chi connectivity index (χ0) is 13.8. The first-order chi connectivity index (χ1) is 9.11. The number of nitrogens with one attached hydrogen (secondary N) is 1. The highest BCUT2D eigenvalue weighted by Crippen LogP contribution is 2.32. The maximum absolute atomic E-state index is 12.1. The molecule has 1 N–H and O–H groups in total. The highest BCUT2D eigenvalue weighted by atomic mass is 16.2. The molecule has 0 radical (unpaired) electrons. The maximum Gasteiger partial charge on any atom is 0.225 e. The van der Waals surface area contributed by atoms with E-state index in [1.165, 1.54) is 12.8 Å². The number of hydrogen-bond acceptors (Lipinski definition) is 2. The van der Waals surface area contributed by atoms with Crippen LogP contribution in [0.1, 0.15) is 58.8 Å². The van der Waals surface area contributed by atoms with Crippen LogP contribution in [0.5, 0.6) is 0 Å². The Morgan fingerprint density at radius 3 is 2.79 bits per heavy atom. The summed E-state index contributed by atoms with van der Waals surface area (Å²) in [7, 11) is 0. The zero-order valence-corrected chi connectivity index (χ0v) is 12.2. The highest BCUT2D eigenvalue weighted by Gasteiger charge is 2.41. The van der Waals surface area contributed by atoms with Crippen molar-refractivity contribution in [2.24, 2.45) is 5.92 Å². The van der Waals surface area contributed by atoms with Gasteiger partial charge in [-0.2, -0.15) is 0 Å². The number of amides is 2. The number of hydrogen-bond donors (Lipinski definition) is 1. The van der Waals surface area contributed by atoms with E-state index >= 15 is 0 Å². The fourth-order valence-electron chi connectivity index (χ4n) is 2.78. The van der Waals surface area contributed by atoms with Gasteiger partial charge in [0.1, 0.15) is 0 Å². The van der Waals surface area contributed by atoms with Gasteiger partial charge in [-0.05, 0) is 26.2 Å². The molecule has 1 aliphatic carbocycles. The number of rotatable bonds is 7. The number of likely N-dealkylation sites (tertiary alicyclic amines) is 1. The Balaban J connectivity index is 1.72. The Bertz CT molecular complexity index is 339. The largest absolute Gasteiger partial charge is 0.353 e. The van der Waals surface area contributed by atoms with Crippen LogP contribution >= 0.6 is 0 Å². The number of carbonyl (C=O) groups is 2. The predicted molar refractivity (Wildman–Crippen MR) is 74.6 cm³/mol. The summed E-state index contributed by atoms with van der Waals surface area (Å²) in [6, 6.07) is 0.663. The first-order valence-electron chi connectivity index (χ1n) is 7.71. The summed E-state index contributed by atoms with van der Waals surface area (Å²) in [6.07, 6.45) is 7.26. The molecule has 1 saturated heterocycles. The highest BCUT2D eigenvalue weighted by molar-refractivity contribution is 5.89. The third-order valence-corrected chi connectivity index (χ3v) is 4.15. The van der Waals surface area contributed by atoms with Crippen molar-refractivity contribution in [3.63, 3.8) is 0 Å². The Hall–Kier alpha value is -1.06. The van der Waals surface area contributed by atoms with Gasteiger partial charge >= 0.3 is 0 Å². The van der Waals surface area contributed by atoms with Gasteiger partial charge in [-0.3, -0.25) is 9.59 Å². The first-order valence-corrected chi connectivity index (χ1v) is 7.71. The summed E-state index contributed by atoms with van der Waals surface area (Å²) in [4.78, 5) is 25.9. The molecule has 2 atom stereocenters. The van der Waals surface area contributed by atoms with Crippen molar-refractivity contribution in [1.29, 1.82) is 0 Å². The second-order valence-corrected chi connectivity index (χ2v) is 6.08. The van der Waals surface area contributed by atoms with Gasteiger partial charge in [0.05, 0.1) is 5.92 Å². The molecule has 0 aromatic carbocycles. The molecule has 2 fully saturated rings. The lowest BCUT2D eigenvalue weighted by molar-refractivity contribution is -0.129. The molecule has 2 rings (SSSR count). The number of unbranched alkanes of at least 4 members (excludes halogenated alkanes) is 2. The second kappa shape index (κ2) is 6.40. The average molecular weight is 266 g/mol. The summed E-state index contributed by atoms with van der Waals surface area (Å²) in [5, 5.41) is 3.06. The predicted octanol–water partition coefficient (Wildman–Crippen LogP) is 2.08. The van der Waals surface area contributed by atoms with Crippen LogP contribution in [0.2, 0.25) is 0 Å². The van der Waals surface area contributed by atoms with Crippen molar-refractivity contribution >= 4 is 11.8 Å². The number of carbonyl (C=O) groups excluding carboxylic acids is 2. The van der Waals surface area contributed by atoms with Gasteiger partial charge < -0.3 is 10.2 Å². The van der Waals surface area contributed by atoms with Crippen molar-refractivity contribution < 1.29 is 9.59 Å². The first kappa shape index (κ1) is 14.4. The van der Waals surface area contributed by atoms with Crippen LogP contribution < -0.4 is 5.32 Å². The van der Waals surface area contributed by atoms with Gasteiger partial charge in [0.25, 0.3) is 0 Å². The molecule has 1 saturated carbocycles. The Kier molecular flexibility index (Phi) is 4.83. The van der Waals surface area contributed by atoms with E-state index in [1.54, 1.807) is 0 Å². The normalized spacial score (nSPS) is 24.6. The van der Waals surface area contributed by atoms with Crippen LogP contribution in [0, 0.1) is 5.92 Å². The van der Waals surface area contributed by atoms with Crippen LogP contribution in [-0.4, -0.2) is 35.3 Å². The van der Waals surface area contributed by atoms with Crippen LogP contribution in [0.3, 0.4) is 0 Å². The van der Waals surface area contributed by atoms with Crippen LogP contribution in [-0.2, 0) is 9.59 Å². The van der Waals surface area contributed by atoms with Crippen molar-refractivity contribution in [2.45, 2.75) is 70.9 Å². The number of nitrogens with zero attached hydrogens (tertiary/aromatic N) is 1. The summed E-state index contributed by atoms with van der Waals surface area (Å²) >= 11 is 0. The zero-order valence-electron chi connectivity index (χ0n) is 12.2. The molecule has 0 aromatic rings. The topological polar surface area (TPSA) is 49.4 Å². The minimum absolute atomic E-state index is 0.0699. The molecular formula is C15H26N2O2. The van der Waals surface area contributed by atoms with E-state index < -0.39 is 0 Å². The standard InChI is InChI=1S/C15H26N2O2/c1-3-4-5-6-11(2)16-15(19)12-9-14(18)17(10-12)13-7-8-13/h11-13H,3-10H2,1-2H3,(H,16,19)/t11-,12+/m0/s1. The third-order valence-electron chi connectivity index (χ3n) is 4.15. The average Bonchev–Trinajstić information content (AvgIpc) is 3.13. The summed E-state index contributed by atoms with van der Waals surface area (Å²) < 4.78 is 0. The van der Waals surface area contributed by atoms with Gasteiger partial charge in [-0.25, -0.2) is 0 Å². The monoisotopic (exact) mass is 266 g/mol. The lowest BCUT2D eigenvalue weighted by Gasteiger charge is -2.18. The summed E-state index contributed by atoms with van der Waals surface area (Å²) in [5.74, 6) is 0.114. The van der Waals surface area contributed by atoms with E-state index in [-0.39, 0.29) is 23.8 Å². The van der Waals surface area contributed by atoms with E-state index in [0.717, 1.165) is 25.7 Å². The minimum Gasteiger partial charge on any atom is -0.353 e.